The molecule has 0 aliphatic rings. The van der Waals surface area contributed by atoms with Gasteiger partial charge in [0.2, 0.25) is 0 Å². The van der Waals surface area contributed by atoms with Gasteiger partial charge in [0.15, 0.2) is 0 Å². The number of aliphatic imine (C=N–C) groups is 1. The zero-order valence-corrected chi connectivity index (χ0v) is 11.4. The molecule has 0 heterocycles. The van der Waals surface area contributed by atoms with Gasteiger partial charge >= 0.3 is 0 Å². The second-order valence-corrected chi connectivity index (χ2v) is 4.30. The van der Waals surface area contributed by atoms with Crippen LogP contribution >= 0.6 is 0 Å². The van der Waals surface area contributed by atoms with Crippen LogP contribution in [0.2, 0.25) is 0 Å². The van der Waals surface area contributed by atoms with Gasteiger partial charge in [-0.25, -0.2) is 0 Å². The lowest BCUT2D eigenvalue weighted by atomic mass is 10.1. The van der Waals surface area contributed by atoms with Crippen LogP contribution < -0.4 is 4.90 Å². The van der Waals surface area contributed by atoms with E-state index in [2.05, 4.69) is 36.7 Å². The molecule has 0 radical (unpaired) electrons. The van der Waals surface area contributed by atoms with Crippen LogP contribution in [0.25, 0.3) is 0 Å². The molecule has 2 nitrogen and oxygen atoms in total. The molecular formula is C17H18N2. The van der Waals surface area contributed by atoms with Crippen molar-refractivity contribution in [2.24, 2.45) is 4.99 Å². The summed E-state index contributed by atoms with van der Waals surface area (Å²) in [6.45, 7) is 5.98. The molecule has 0 N–H and O–H groups in total. The highest BCUT2D eigenvalue weighted by molar-refractivity contribution is 6.11. The minimum absolute atomic E-state index is 0.893. The summed E-state index contributed by atoms with van der Waals surface area (Å²) in [6.07, 6.45) is 1.79. The number of amidine groups is 1. The summed E-state index contributed by atoms with van der Waals surface area (Å²) < 4.78 is 0. The molecule has 2 aromatic carbocycles. The average molecular weight is 250 g/mol. The third-order valence-corrected chi connectivity index (χ3v) is 2.93. The summed E-state index contributed by atoms with van der Waals surface area (Å²) in [5.41, 5.74) is 3.36. The van der Waals surface area contributed by atoms with Crippen LogP contribution in [0, 0.1) is 6.92 Å². The minimum atomic E-state index is 0.893. The molecule has 0 bridgehead atoms. The Morgan fingerprint density at radius 3 is 2.42 bits per heavy atom. The SMILES string of the molecule is C=CN(C(=NC)c1cccc(C)c1)c1ccccc1. The summed E-state index contributed by atoms with van der Waals surface area (Å²) in [6, 6.07) is 18.4. The van der Waals surface area contributed by atoms with Crippen LogP contribution in [0.3, 0.4) is 0 Å². The predicted octanol–water partition coefficient (Wildman–Crippen LogP) is 4.02. The van der Waals surface area contributed by atoms with E-state index in [-0.39, 0.29) is 0 Å². The molecule has 19 heavy (non-hydrogen) atoms. The standard InChI is InChI=1S/C17H18N2/c1-4-19(16-11-6-5-7-12-16)17(18-3)15-10-8-9-14(2)13-15/h4-13H,1H2,2-3H3. The van der Waals surface area contributed by atoms with Gasteiger partial charge in [0.05, 0.1) is 0 Å². The number of nitrogens with zero attached hydrogens (tertiary/aromatic N) is 2. The molecule has 0 aliphatic heterocycles. The Morgan fingerprint density at radius 1 is 1.11 bits per heavy atom. The van der Waals surface area contributed by atoms with Crippen molar-refractivity contribution in [2.45, 2.75) is 6.92 Å². The van der Waals surface area contributed by atoms with E-state index >= 15 is 0 Å². The third kappa shape index (κ3) is 2.91. The van der Waals surface area contributed by atoms with Gasteiger partial charge in [-0.2, -0.15) is 0 Å². The van der Waals surface area contributed by atoms with E-state index in [1.165, 1.54) is 5.56 Å². The summed E-state index contributed by atoms with van der Waals surface area (Å²) in [5.74, 6) is 0.893. The summed E-state index contributed by atoms with van der Waals surface area (Å²) >= 11 is 0. The van der Waals surface area contributed by atoms with Gasteiger partial charge in [-0.05, 0) is 25.1 Å². The lowest BCUT2D eigenvalue weighted by Crippen LogP contribution is -2.26. The molecule has 0 unspecified atom stereocenters. The zero-order chi connectivity index (χ0) is 13.7. The van der Waals surface area contributed by atoms with Crippen LogP contribution in [0.5, 0.6) is 0 Å². The Balaban J connectivity index is 2.44. The molecule has 0 saturated carbocycles. The highest BCUT2D eigenvalue weighted by Crippen LogP contribution is 2.18. The molecule has 2 rings (SSSR count). The maximum atomic E-state index is 4.42. The fraction of sp³-hybridized carbons (Fsp3) is 0.118. The number of anilines is 1. The average Bonchev–Trinajstić information content (AvgIpc) is 2.45. The van der Waals surface area contributed by atoms with E-state index in [4.69, 9.17) is 0 Å². The van der Waals surface area contributed by atoms with Crippen LogP contribution in [0.4, 0.5) is 5.69 Å². The van der Waals surface area contributed by atoms with Crippen molar-refractivity contribution >= 4 is 11.5 Å². The quantitative estimate of drug-likeness (QED) is 0.593. The Bertz CT molecular complexity index is 585. The number of hydrogen-bond acceptors (Lipinski definition) is 1. The molecule has 0 spiro atoms. The molecule has 2 aromatic rings. The van der Waals surface area contributed by atoms with E-state index in [1.54, 1.807) is 13.2 Å². The fourth-order valence-corrected chi connectivity index (χ4v) is 2.06. The third-order valence-electron chi connectivity index (χ3n) is 2.93. The second-order valence-electron chi connectivity index (χ2n) is 4.30. The molecule has 0 saturated heterocycles. The van der Waals surface area contributed by atoms with Gasteiger partial charge < -0.3 is 4.90 Å². The molecule has 0 atom stereocenters. The van der Waals surface area contributed by atoms with Crippen molar-refractivity contribution in [2.75, 3.05) is 11.9 Å². The first-order chi connectivity index (χ1) is 9.26. The summed E-state index contributed by atoms with van der Waals surface area (Å²) in [4.78, 5) is 6.41. The lowest BCUT2D eigenvalue weighted by molar-refractivity contribution is 1.28. The van der Waals surface area contributed by atoms with Crippen molar-refractivity contribution in [1.29, 1.82) is 0 Å². The second kappa shape index (κ2) is 6.01. The molecule has 0 aromatic heterocycles. The van der Waals surface area contributed by atoms with Crippen molar-refractivity contribution in [3.05, 3.63) is 78.5 Å². The number of rotatable bonds is 3. The van der Waals surface area contributed by atoms with E-state index < -0.39 is 0 Å². The Labute approximate surface area is 114 Å². The first-order valence-electron chi connectivity index (χ1n) is 6.27. The number of hydrogen-bond donors (Lipinski definition) is 0. The number of para-hydroxylation sites is 1. The Kier molecular flexibility index (Phi) is 4.14. The van der Waals surface area contributed by atoms with Gasteiger partial charge in [-0.3, -0.25) is 4.99 Å². The highest BCUT2D eigenvalue weighted by Gasteiger charge is 2.11. The maximum Gasteiger partial charge on any atom is 0.139 e. The first kappa shape index (κ1) is 13.1. The normalized spacial score (nSPS) is 11.2. The van der Waals surface area contributed by atoms with E-state index in [1.807, 2.05) is 41.3 Å². The van der Waals surface area contributed by atoms with Crippen LogP contribution in [0.1, 0.15) is 11.1 Å². The molecular weight excluding hydrogens is 232 g/mol. The fourth-order valence-electron chi connectivity index (χ4n) is 2.06. The van der Waals surface area contributed by atoms with Gasteiger partial charge in [0, 0.05) is 24.5 Å². The van der Waals surface area contributed by atoms with Crippen molar-refractivity contribution in [1.82, 2.24) is 0 Å². The summed E-state index contributed by atoms with van der Waals surface area (Å²) in [7, 11) is 1.80. The number of benzene rings is 2. The van der Waals surface area contributed by atoms with Gasteiger partial charge in [0.1, 0.15) is 5.84 Å². The Morgan fingerprint density at radius 2 is 1.84 bits per heavy atom. The smallest absolute Gasteiger partial charge is 0.139 e. The monoisotopic (exact) mass is 250 g/mol. The highest BCUT2D eigenvalue weighted by atomic mass is 15.2. The molecule has 0 fully saturated rings. The largest absolute Gasteiger partial charge is 0.302 e. The summed E-state index contributed by atoms with van der Waals surface area (Å²) in [5, 5.41) is 0. The van der Waals surface area contributed by atoms with Crippen LogP contribution in [-0.4, -0.2) is 12.9 Å². The lowest BCUT2D eigenvalue weighted by Gasteiger charge is -2.22. The van der Waals surface area contributed by atoms with E-state index in [0.29, 0.717) is 0 Å². The van der Waals surface area contributed by atoms with Gasteiger partial charge in [0.25, 0.3) is 0 Å². The minimum Gasteiger partial charge on any atom is -0.302 e. The van der Waals surface area contributed by atoms with E-state index in [0.717, 1.165) is 17.1 Å². The van der Waals surface area contributed by atoms with Gasteiger partial charge in [-0.1, -0.05) is 48.5 Å². The number of aryl methyl sites for hydroxylation is 1. The molecule has 2 heteroatoms. The first-order valence-corrected chi connectivity index (χ1v) is 6.27. The van der Waals surface area contributed by atoms with Crippen molar-refractivity contribution < 1.29 is 0 Å². The van der Waals surface area contributed by atoms with Gasteiger partial charge in [-0.15, -0.1) is 0 Å². The zero-order valence-electron chi connectivity index (χ0n) is 11.4. The van der Waals surface area contributed by atoms with Crippen LogP contribution in [-0.2, 0) is 0 Å². The van der Waals surface area contributed by atoms with E-state index in [9.17, 15) is 0 Å². The van der Waals surface area contributed by atoms with Crippen molar-refractivity contribution in [3.8, 4) is 0 Å². The molecule has 0 amide bonds. The maximum absolute atomic E-state index is 4.42. The molecule has 96 valence electrons. The van der Waals surface area contributed by atoms with Crippen LogP contribution in [0.15, 0.2) is 72.4 Å². The predicted molar refractivity (Wildman–Crippen MR) is 82.8 cm³/mol. The molecule has 0 aliphatic carbocycles. The topological polar surface area (TPSA) is 15.6 Å². The van der Waals surface area contributed by atoms with Crippen molar-refractivity contribution in [3.63, 3.8) is 0 Å². The Hall–Kier alpha value is -2.35.